The largest absolute Gasteiger partial charge is 0.480 e. The highest BCUT2D eigenvalue weighted by Crippen LogP contribution is 2.50. The molecule has 20 heavy (non-hydrogen) atoms. The monoisotopic (exact) mass is 295 g/mol. The van der Waals surface area contributed by atoms with Crippen molar-refractivity contribution >= 4 is 23.2 Å². The van der Waals surface area contributed by atoms with Crippen LogP contribution in [0.15, 0.2) is 11.4 Å². The molecule has 0 aliphatic heterocycles. The third-order valence-electron chi connectivity index (χ3n) is 3.69. The van der Waals surface area contributed by atoms with Gasteiger partial charge in [0, 0.05) is 16.7 Å². The van der Waals surface area contributed by atoms with Crippen LogP contribution in [0.1, 0.15) is 43.0 Å². The van der Waals surface area contributed by atoms with Crippen molar-refractivity contribution in [3.8, 4) is 0 Å². The molecule has 3 atom stereocenters. The molecule has 1 saturated carbocycles. The van der Waals surface area contributed by atoms with Gasteiger partial charge in [-0.25, -0.2) is 4.79 Å². The number of carboxylic acid groups (broad SMARTS) is 1. The minimum atomic E-state index is -0.948. The molecule has 1 aliphatic rings. The van der Waals surface area contributed by atoms with E-state index in [1.807, 2.05) is 19.2 Å². The van der Waals surface area contributed by atoms with E-state index in [1.165, 1.54) is 10.4 Å². The molecule has 5 heteroatoms. The molecule has 0 saturated heterocycles. The second kappa shape index (κ2) is 5.95. The number of amides is 1. The Morgan fingerprint density at radius 1 is 1.50 bits per heavy atom. The van der Waals surface area contributed by atoms with Crippen molar-refractivity contribution in [2.24, 2.45) is 11.8 Å². The molecule has 4 nitrogen and oxygen atoms in total. The maximum Gasteiger partial charge on any atom is 0.326 e. The van der Waals surface area contributed by atoms with E-state index in [4.69, 9.17) is 5.11 Å². The quantitative estimate of drug-likeness (QED) is 0.848. The predicted octanol–water partition coefficient (Wildman–Crippen LogP) is 2.78. The number of nitrogens with one attached hydrogen (secondary N) is 1. The van der Waals surface area contributed by atoms with Gasteiger partial charge in [0.1, 0.15) is 6.04 Å². The highest BCUT2D eigenvalue weighted by Gasteiger charge is 2.46. The molecule has 2 rings (SSSR count). The first-order valence-corrected chi connectivity index (χ1v) is 7.85. The van der Waals surface area contributed by atoms with E-state index in [1.54, 1.807) is 11.3 Å². The number of aliphatic carboxylic acids is 1. The number of hydrogen-bond acceptors (Lipinski definition) is 3. The van der Waals surface area contributed by atoms with Gasteiger partial charge in [-0.05, 0) is 42.7 Å². The van der Waals surface area contributed by atoms with Gasteiger partial charge < -0.3 is 10.4 Å². The molecule has 0 bridgehead atoms. The predicted molar refractivity (Wildman–Crippen MR) is 78.9 cm³/mol. The zero-order valence-electron chi connectivity index (χ0n) is 12.1. The number of rotatable bonds is 6. The standard InChI is InChI=1S/C15H21NO3S/c1-8(2)6-12(15(18)19)16-14(17)11-7-10(11)13-9(3)4-5-20-13/h4-5,8,10-12H,6-7H2,1-3H3,(H,16,17)(H,18,19). The van der Waals surface area contributed by atoms with Gasteiger partial charge >= 0.3 is 5.97 Å². The summed E-state index contributed by atoms with van der Waals surface area (Å²) in [4.78, 5) is 24.6. The molecule has 1 aromatic heterocycles. The fourth-order valence-corrected chi connectivity index (χ4v) is 3.62. The third kappa shape index (κ3) is 3.39. The van der Waals surface area contributed by atoms with Crippen LogP contribution in [0, 0.1) is 18.8 Å². The van der Waals surface area contributed by atoms with E-state index in [9.17, 15) is 9.59 Å². The summed E-state index contributed by atoms with van der Waals surface area (Å²) in [5.41, 5.74) is 1.23. The first kappa shape index (κ1) is 15.0. The molecular weight excluding hydrogens is 274 g/mol. The van der Waals surface area contributed by atoms with Gasteiger partial charge in [-0.15, -0.1) is 11.3 Å². The Labute approximate surface area is 123 Å². The van der Waals surface area contributed by atoms with Gasteiger partial charge in [-0.3, -0.25) is 4.79 Å². The van der Waals surface area contributed by atoms with Crippen molar-refractivity contribution in [1.29, 1.82) is 0 Å². The SMILES string of the molecule is Cc1ccsc1C1CC1C(=O)NC(CC(C)C)C(=O)O. The van der Waals surface area contributed by atoms with Crippen molar-refractivity contribution in [2.75, 3.05) is 0 Å². The molecule has 1 fully saturated rings. The van der Waals surface area contributed by atoms with Gasteiger partial charge in [0.2, 0.25) is 5.91 Å². The lowest BCUT2D eigenvalue weighted by molar-refractivity contribution is -0.142. The Balaban J connectivity index is 1.93. The molecule has 3 unspecified atom stereocenters. The van der Waals surface area contributed by atoms with E-state index >= 15 is 0 Å². The Morgan fingerprint density at radius 2 is 2.20 bits per heavy atom. The Kier molecular flexibility index (Phi) is 4.48. The van der Waals surface area contributed by atoms with Crippen LogP contribution >= 0.6 is 11.3 Å². The third-order valence-corrected chi connectivity index (χ3v) is 4.84. The highest BCUT2D eigenvalue weighted by atomic mass is 32.1. The lowest BCUT2D eigenvalue weighted by Crippen LogP contribution is -2.42. The molecule has 1 heterocycles. The molecular formula is C15H21NO3S. The van der Waals surface area contributed by atoms with Crippen LogP contribution in [0.5, 0.6) is 0 Å². The summed E-state index contributed by atoms with van der Waals surface area (Å²) in [5, 5.41) is 13.9. The Bertz CT molecular complexity index is 509. The minimum Gasteiger partial charge on any atom is -0.480 e. The Morgan fingerprint density at radius 3 is 2.70 bits per heavy atom. The minimum absolute atomic E-state index is 0.0543. The number of carbonyl (C=O) groups is 2. The van der Waals surface area contributed by atoms with Gasteiger partial charge in [-0.2, -0.15) is 0 Å². The zero-order chi connectivity index (χ0) is 14.9. The molecule has 2 N–H and O–H groups in total. The molecule has 0 radical (unpaired) electrons. The number of aryl methyl sites for hydroxylation is 1. The van der Waals surface area contributed by atoms with Crippen molar-refractivity contribution in [3.05, 3.63) is 21.9 Å². The van der Waals surface area contributed by atoms with Crippen LogP contribution < -0.4 is 5.32 Å². The molecule has 1 aliphatic carbocycles. The van der Waals surface area contributed by atoms with Crippen LogP contribution in [0.4, 0.5) is 0 Å². The number of carbonyl (C=O) groups excluding carboxylic acids is 1. The molecule has 1 aromatic rings. The molecule has 1 amide bonds. The maximum atomic E-state index is 12.1. The summed E-state index contributed by atoms with van der Waals surface area (Å²) in [7, 11) is 0. The van der Waals surface area contributed by atoms with Gasteiger partial charge in [0.05, 0.1) is 0 Å². The van der Waals surface area contributed by atoms with Crippen LogP contribution in [-0.4, -0.2) is 23.0 Å². The molecule has 0 aromatic carbocycles. The van der Waals surface area contributed by atoms with Crippen molar-refractivity contribution in [2.45, 2.75) is 45.6 Å². The first-order chi connectivity index (χ1) is 9.40. The van der Waals surface area contributed by atoms with Gasteiger partial charge in [-0.1, -0.05) is 13.8 Å². The van der Waals surface area contributed by atoms with Crippen LogP contribution in [-0.2, 0) is 9.59 Å². The fraction of sp³-hybridized carbons (Fsp3) is 0.600. The van der Waals surface area contributed by atoms with Crippen LogP contribution in [0.25, 0.3) is 0 Å². The summed E-state index contributed by atoms with van der Waals surface area (Å²) in [6, 6.07) is 1.29. The second-order valence-corrected chi connectivity index (χ2v) is 6.89. The summed E-state index contributed by atoms with van der Waals surface area (Å²) in [6.07, 6.45) is 1.30. The van der Waals surface area contributed by atoms with Crippen molar-refractivity contribution in [1.82, 2.24) is 5.32 Å². The van der Waals surface area contributed by atoms with Crippen LogP contribution in [0.3, 0.4) is 0 Å². The highest BCUT2D eigenvalue weighted by molar-refractivity contribution is 7.10. The molecule has 0 spiro atoms. The van der Waals surface area contributed by atoms with Crippen molar-refractivity contribution in [3.63, 3.8) is 0 Å². The van der Waals surface area contributed by atoms with E-state index < -0.39 is 12.0 Å². The smallest absolute Gasteiger partial charge is 0.326 e. The fourth-order valence-electron chi connectivity index (χ4n) is 2.51. The summed E-state index contributed by atoms with van der Waals surface area (Å²) >= 11 is 1.68. The van der Waals surface area contributed by atoms with Gasteiger partial charge in [0.15, 0.2) is 0 Å². The summed E-state index contributed by atoms with van der Waals surface area (Å²) in [5.74, 6) is -0.594. The topological polar surface area (TPSA) is 66.4 Å². The van der Waals surface area contributed by atoms with E-state index in [0.29, 0.717) is 6.42 Å². The number of carboxylic acids is 1. The molecule has 110 valence electrons. The summed E-state index contributed by atoms with van der Waals surface area (Å²) < 4.78 is 0. The average molecular weight is 295 g/mol. The van der Waals surface area contributed by atoms with E-state index in [0.717, 1.165) is 6.42 Å². The Hall–Kier alpha value is -1.36. The maximum absolute atomic E-state index is 12.1. The number of hydrogen-bond donors (Lipinski definition) is 2. The lowest BCUT2D eigenvalue weighted by atomic mass is 10.0. The van der Waals surface area contributed by atoms with E-state index in [-0.39, 0.29) is 23.7 Å². The normalized spacial score (nSPS) is 22.6. The summed E-state index contributed by atoms with van der Waals surface area (Å²) in [6.45, 7) is 5.96. The first-order valence-electron chi connectivity index (χ1n) is 6.97. The average Bonchev–Trinajstić information content (AvgIpc) is 3.03. The van der Waals surface area contributed by atoms with Crippen molar-refractivity contribution < 1.29 is 14.7 Å². The van der Waals surface area contributed by atoms with Gasteiger partial charge in [0.25, 0.3) is 0 Å². The second-order valence-electron chi connectivity index (χ2n) is 5.95. The van der Waals surface area contributed by atoms with Crippen LogP contribution in [0.2, 0.25) is 0 Å². The van der Waals surface area contributed by atoms with E-state index in [2.05, 4.69) is 18.3 Å². The lowest BCUT2D eigenvalue weighted by Gasteiger charge is -2.16. The zero-order valence-corrected chi connectivity index (χ0v) is 12.9. The number of thiophene rings is 1.